The number of rotatable bonds is 7. The van der Waals surface area contributed by atoms with E-state index in [-0.39, 0.29) is 34.4 Å². The molecule has 29 heavy (non-hydrogen) atoms. The number of carboxylic acids is 1. The fraction of sp³-hybridized carbons (Fsp3) is 0.300. The van der Waals surface area contributed by atoms with Crippen molar-refractivity contribution < 1.29 is 27.9 Å². The van der Waals surface area contributed by atoms with Crippen LogP contribution in [-0.4, -0.2) is 54.5 Å². The van der Waals surface area contributed by atoms with Crippen molar-refractivity contribution in [3.05, 3.63) is 64.7 Å². The van der Waals surface area contributed by atoms with Gasteiger partial charge in [-0.3, -0.25) is 4.79 Å². The largest absolute Gasteiger partial charge is 0.483 e. The zero-order valence-corrected chi connectivity index (χ0v) is 17.0. The van der Waals surface area contributed by atoms with Gasteiger partial charge in [-0.05, 0) is 30.2 Å². The molecule has 3 rings (SSSR count). The van der Waals surface area contributed by atoms with Gasteiger partial charge in [0.05, 0.1) is 11.5 Å². The van der Waals surface area contributed by atoms with Gasteiger partial charge >= 0.3 is 5.97 Å². The molecule has 0 aromatic heterocycles. The van der Waals surface area contributed by atoms with Crippen LogP contribution in [0.1, 0.15) is 22.3 Å². The molecule has 0 radical (unpaired) electrons. The van der Waals surface area contributed by atoms with Crippen LogP contribution in [0.15, 0.2) is 48.5 Å². The lowest BCUT2D eigenvalue weighted by atomic mass is 10.1. The molecule has 1 atom stereocenters. The number of hydrogen-bond donors (Lipinski definition) is 1. The molecule has 1 amide bonds. The highest BCUT2D eigenvalue weighted by molar-refractivity contribution is 7.91. The average molecular weight is 438 g/mol. The summed E-state index contributed by atoms with van der Waals surface area (Å²) in [6, 6.07) is 12.9. The smallest absolute Gasteiger partial charge is 0.339 e. The van der Waals surface area contributed by atoms with E-state index in [2.05, 4.69) is 0 Å². The van der Waals surface area contributed by atoms with Crippen molar-refractivity contribution in [2.75, 3.05) is 18.1 Å². The molecular formula is C20H20ClNO6S. The molecule has 1 aliphatic heterocycles. The zero-order chi connectivity index (χ0) is 21.0. The summed E-state index contributed by atoms with van der Waals surface area (Å²) in [5.74, 6) is -1.67. The first kappa shape index (κ1) is 21.1. The summed E-state index contributed by atoms with van der Waals surface area (Å²) in [4.78, 5) is 25.8. The normalized spacial score (nSPS) is 17.6. The molecule has 1 saturated heterocycles. The van der Waals surface area contributed by atoms with Crippen molar-refractivity contribution in [3.63, 3.8) is 0 Å². The van der Waals surface area contributed by atoms with Crippen molar-refractivity contribution in [1.82, 2.24) is 4.90 Å². The number of carboxylic acid groups (broad SMARTS) is 1. The van der Waals surface area contributed by atoms with E-state index in [1.165, 1.54) is 23.1 Å². The lowest BCUT2D eigenvalue weighted by Gasteiger charge is -2.28. The summed E-state index contributed by atoms with van der Waals surface area (Å²) < 4.78 is 29.3. The van der Waals surface area contributed by atoms with Crippen LogP contribution < -0.4 is 4.74 Å². The number of carbonyl (C=O) groups is 2. The van der Waals surface area contributed by atoms with Crippen LogP contribution in [0.2, 0.25) is 5.02 Å². The van der Waals surface area contributed by atoms with Crippen molar-refractivity contribution in [2.24, 2.45) is 0 Å². The van der Waals surface area contributed by atoms with Gasteiger partial charge in [0.1, 0.15) is 11.3 Å². The minimum atomic E-state index is -3.18. The first-order chi connectivity index (χ1) is 13.7. The number of benzene rings is 2. The summed E-state index contributed by atoms with van der Waals surface area (Å²) in [6.45, 7) is -0.166. The maximum Gasteiger partial charge on any atom is 0.339 e. The summed E-state index contributed by atoms with van der Waals surface area (Å²) >= 11 is 5.83. The van der Waals surface area contributed by atoms with Crippen LogP contribution in [0.4, 0.5) is 0 Å². The third-order valence-corrected chi connectivity index (χ3v) is 6.67. The van der Waals surface area contributed by atoms with E-state index in [4.69, 9.17) is 16.3 Å². The van der Waals surface area contributed by atoms with Gasteiger partial charge in [-0.1, -0.05) is 41.9 Å². The first-order valence-electron chi connectivity index (χ1n) is 8.94. The van der Waals surface area contributed by atoms with Crippen LogP contribution >= 0.6 is 11.6 Å². The fourth-order valence-electron chi connectivity index (χ4n) is 3.24. The lowest BCUT2D eigenvalue weighted by molar-refractivity contribution is -0.136. The number of carbonyl (C=O) groups excluding carboxylic acids is 1. The Bertz CT molecular complexity index is 1010. The average Bonchev–Trinajstić information content (AvgIpc) is 3.05. The molecule has 2 aromatic carbocycles. The highest BCUT2D eigenvalue weighted by atomic mass is 35.5. The van der Waals surface area contributed by atoms with Crippen molar-refractivity contribution >= 4 is 33.3 Å². The second-order valence-corrected chi connectivity index (χ2v) is 9.46. The molecule has 0 bridgehead atoms. The molecule has 1 heterocycles. The number of sulfone groups is 1. The molecule has 0 spiro atoms. The second-order valence-electron chi connectivity index (χ2n) is 6.80. The van der Waals surface area contributed by atoms with E-state index in [0.717, 1.165) is 5.56 Å². The Morgan fingerprint density at radius 1 is 1.17 bits per heavy atom. The lowest BCUT2D eigenvalue weighted by Crippen LogP contribution is -2.43. The minimum Gasteiger partial charge on any atom is -0.483 e. The highest BCUT2D eigenvalue weighted by Gasteiger charge is 2.35. The summed E-state index contributed by atoms with van der Waals surface area (Å²) in [6.07, 6.45) is 0.363. The predicted molar refractivity (Wildman–Crippen MR) is 108 cm³/mol. The van der Waals surface area contributed by atoms with Gasteiger partial charge < -0.3 is 14.7 Å². The Labute approximate surface area is 173 Å². The molecule has 0 saturated carbocycles. The Morgan fingerprint density at radius 3 is 2.52 bits per heavy atom. The number of amides is 1. The molecule has 2 aromatic rings. The Hall–Kier alpha value is -2.58. The molecule has 1 N–H and O–H groups in total. The van der Waals surface area contributed by atoms with Gasteiger partial charge in [-0.15, -0.1) is 0 Å². The zero-order valence-electron chi connectivity index (χ0n) is 15.5. The molecule has 9 heteroatoms. The Morgan fingerprint density at radius 2 is 1.90 bits per heavy atom. The molecule has 1 fully saturated rings. The van der Waals surface area contributed by atoms with E-state index in [1.54, 1.807) is 0 Å². The van der Waals surface area contributed by atoms with Gasteiger partial charge in [-0.2, -0.15) is 0 Å². The number of ether oxygens (including phenoxy) is 1. The van der Waals surface area contributed by atoms with Gasteiger partial charge in [0.25, 0.3) is 5.91 Å². The highest BCUT2D eigenvalue weighted by Crippen LogP contribution is 2.24. The quantitative estimate of drug-likeness (QED) is 0.714. The van der Waals surface area contributed by atoms with Crippen LogP contribution in [0.3, 0.4) is 0 Å². The molecule has 0 aliphatic carbocycles. The standard InChI is InChI=1S/C20H20ClNO6S/c21-15-6-7-18(17(10-15)20(24)25)28-12-19(23)22(11-14-4-2-1-3-5-14)16-8-9-29(26,27)13-16/h1-7,10,16H,8-9,11-13H2,(H,24,25)/t16-/m0/s1. The molecule has 0 unspecified atom stereocenters. The van der Waals surface area contributed by atoms with Gasteiger partial charge in [0, 0.05) is 17.6 Å². The number of hydrogen-bond acceptors (Lipinski definition) is 5. The Kier molecular flexibility index (Phi) is 6.44. The van der Waals surface area contributed by atoms with Crippen molar-refractivity contribution in [3.8, 4) is 5.75 Å². The number of halogens is 1. The molecule has 154 valence electrons. The monoisotopic (exact) mass is 437 g/mol. The second kappa shape index (κ2) is 8.84. The summed E-state index contributed by atoms with van der Waals surface area (Å²) in [7, 11) is -3.18. The third kappa shape index (κ3) is 5.48. The molecular weight excluding hydrogens is 418 g/mol. The summed E-state index contributed by atoms with van der Waals surface area (Å²) in [5, 5.41) is 9.53. The maximum absolute atomic E-state index is 12.9. The SMILES string of the molecule is O=C(O)c1cc(Cl)ccc1OCC(=O)N(Cc1ccccc1)[C@H]1CCS(=O)(=O)C1. The van der Waals surface area contributed by atoms with E-state index < -0.39 is 34.4 Å². The van der Waals surface area contributed by atoms with Gasteiger partial charge in [0.15, 0.2) is 16.4 Å². The predicted octanol–water partition coefficient (Wildman–Crippen LogP) is 2.63. The molecule has 7 nitrogen and oxygen atoms in total. The van der Waals surface area contributed by atoms with Crippen molar-refractivity contribution in [2.45, 2.75) is 19.0 Å². The van der Waals surface area contributed by atoms with Crippen LogP contribution in [-0.2, 0) is 21.2 Å². The topological polar surface area (TPSA) is 101 Å². The summed E-state index contributed by atoms with van der Waals surface area (Å²) in [5.41, 5.74) is 0.714. The minimum absolute atomic E-state index is 0.0222. The fourth-order valence-corrected chi connectivity index (χ4v) is 5.14. The van der Waals surface area contributed by atoms with E-state index >= 15 is 0 Å². The number of nitrogens with zero attached hydrogens (tertiary/aromatic N) is 1. The van der Waals surface area contributed by atoms with Crippen molar-refractivity contribution in [1.29, 1.82) is 0 Å². The number of aromatic carboxylic acids is 1. The van der Waals surface area contributed by atoms with E-state index in [1.807, 2.05) is 30.3 Å². The molecule has 1 aliphatic rings. The van der Waals surface area contributed by atoms with Crippen LogP contribution in [0.5, 0.6) is 5.75 Å². The van der Waals surface area contributed by atoms with Crippen LogP contribution in [0, 0.1) is 0 Å². The Balaban J connectivity index is 1.77. The third-order valence-electron chi connectivity index (χ3n) is 4.69. The van der Waals surface area contributed by atoms with Gasteiger partial charge in [0.2, 0.25) is 0 Å². The van der Waals surface area contributed by atoms with E-state index in [9.17, 15) is 23.1 Å². The maximum atomic E-state index is 12.9. The van der Waals surface area contributed by atoms with Gasteiger partial charge in [-0.25, -0.2) is 13.2 Å². The first-order valence-corrected chi connectivity index (χ1v) is 11.1. The van der Waals surface area contributed by atoms with E-state index in [0.29, 0.717) is 6.42 Å². The van der Waals surface area contributed by atoms with Crippen LogP contribution in [0.25, 0.3) is 0 Å².